The standard InChI is InChI=1S/C31H30FN3O3S/c1-37-26-11-6-10-24(28(26)32)23-12-13-27-25(20-23)29(35-39-27)33-18-7-19-34-30(36)31(38-2)16-14-22(15-17-31)21-8-4-3-5-9-21/h3-6,8-16,20H,7,17-19H2,1-2H3,(H,33,35)(H,34,36)/t31-/m0/s1. The van der Waals surface area contributed by atoms with Crippen LogP contribution in [-0.2, 0) is 9.53 Å². The summed E-state index contributed by atoms with van der Waals surface area (Å²) in [6.45, 7) is 1.10. The van der Waals surface area contributed by atoms with Gasteiger partial charge in [0, 0.05) is 37.6 Å². The van der Waals surface area contributed by atoms with Crippen molar-refractivity contribution >= 4 is 38.9 Å². The van der Waals surface area contributed by atoms with Crippen LogP contribution < -0.4 is 15.4 Å². The lowest BCUT2D eigenvalue weighted by Gasteiger charge is -2.29. The maximum Gasteiger partial charge on any atom is 0.256 e. The zero-order chi connectivity index (χ0) is 27.2. The first-order chi connectivity index (χ1) is 19.0. The van der Waals surface area contributed by atoms with Crippen LogP contribution in [0.5, 0.6) is 5.75 Å². The highest BCUT2D eigenvalue weighted by Crippen LogP contribution is 2.34. The Bertz CT molecular complexity index is 1530. The van der Waals surface area contributed by atoms with Gasteiger partial charge in [-0.25, -0.2) is 4.39 Å². The van der Waals surface area contributed by atoms with Crippen LogP contribution >= 0.6 is 11.5 Å². The SMILES string of the molecule is COc1cccc(-c2ccc3snc(NCCCNC(=O)[C@]4(OC)C=CC(c5ccccc5)=CC4)c3c2)c1F. The molecule has 2 N–H and O–H groups in total. The van der Waals surface area contributed by atoms with E-state index >= 15 is 0 Å². The normalized spacial score (nSPS) is 16.6. The zero-order valence-electron chi connectivity index (χ0n) is 21.9. The molecule has 1 aliphatic rings. The van der Waals surface area contributed by atoms with Crippen molar-refractivity contribution in [2.24, 2.45) is 0 Å². The number of benzene rings is 3. The van der Waals surface area contributed by atoms with Gasteiger partial charge in [0.1, 0.15) is 5.82 Å². The molecule has 8 heteroatoms. The molecule has 0 unspecified atom stereocenters. The fourth-order valence-corrected chi connectivity index (χ4v) is 5.39. The van der Waals surface area contributed by atoms with E-state index in [4.69, 9.17) is 9.47 Å². The highest BCUT2D eigenvalue weighted by Gasteiger charge is 2.36. The van der Waals surface area contributed by atoms with Gasteiger partial charge >= 0.3 is 0 Å². The number of nitrogens with one attached hydrogen (secondary N) is 2. The number of rotatable bonds is 10. The van der Waals surface area contributed by atoms with Crippen molar-refractivity contribution in [3.63, 3.8) is 0 Å². The lowest BCUT2D eigenvalue weighted by Crippen LogP contribution is -2.47. The van der Waals surface area contributed by atoms with Gasteiger partial charge < -0.3 is 20.1 Å². The Labute approximate surface area is 231 Å². The van der Waals surface area contributed by atoms with Crippen molar-refractivity contribution in [2.75, 3.05) is 32.6 Å². The molecule has 1 aromatic heterocycles. The van der Waals surface area contributed by atoms with Gasteiger partial charge in [0.2, 0.25) is 0 Å². The van der Waals surface area contributed by atoms with Crippen molar-refractivity contribution in [3.8, 4) is 16.9 Å². The summed E-state index contributed by atoms with van der Waals surface area (Å²) in [6.07, 6.45) is 6.99. The summed E-state index contributed by atoms with van der Waals surface area (Å²) in [5, 5.41) is 7.29. The molecule has 0 fully saturated rings. The number of aromatic nitrogens is 1. The largest absolute Gasteiger partial charge is 0.494 e. The minimum atomic E-state index is -1.01. The van der Waals surface area contributed by atoms with E-state index in [1.807, 2.05) is 66.8 Å². The third-order valence-corrected chi connectivity index (χ3v) is 7.74. The molecule has 1 amide bonds. The predicted molar refractivity (Wildman–Crippen MR) is 156 cm³/mol. The number of carbonyl (C=O) groups excluding carboxylic acids is 1. The van der Waals surface area contributed by atoms with E-state index in [0.29, 0.717) is 31.5 Å². The van der Waals surface area contributed by atoms with Gasteiger partial charge in [-0.2, -0.15) is 4.37 Å². The average Bonchev–Trinajstić information content (AvgIpc) is 3.39. The third kappa shape index (κ3) is 5.57. The predicted octanol–water partition coefficient (Wildman–Crippen LogP) is 6.46. The van der Waals surface area contributed by atoms with Crippen LogP contribution in [0.25, 0.3) is 26.8 Å². The molecule has 39 heavy (non-hydrogen) atoms. The smallest absolute Gasteiger partial charge is 0.256 e. The minimum Gasteiger partial charge on any atom is -0.494 e. The van der Waals surface area contributed by atoms with E-state index in [0.717, 1.165) is 32.6 Å². The van der Waals surface area contributed by atoms with Crippen molar-refractivity contribution in [1.29, 1.82) is 0 Å². The Kier molecular flexibility index (Phi) is 8.05. The Balaban J connectivity index is 1.17. The first-order valence-corrected chi connectivity index (χ1v) is 13.6. The van der Waals surface area contributed by atoms with E-state index < -0.39 is 5.60 Å². The zero-order valence-corrected chi connectivity index (χ0v) is 22.7. The molecule has 0 aliphatic heterocycles. The number of hydrogen-bond donors (Lipinski definition) is 2. The maximum absolute atomic E-state index is 14.8. The van der Waals surface area contributed by atoms with Gasteiger partial charge in [-0.15, -0.1) is 0 Å². The van der Waals surface area contributed by atoms with Crippen LogP contribution in [0.4, 0.5) is 10.2 Å². The van der Waals surface area contributed by atoms with Crippen molar-refractivity contribution in [2.45, 2.75) is 18.4 Å². The number of halogens is 1. The first-order valence-electron chi connectivity index (χ1n) is 12.8. The second-order valence-corrected chi connectivity index (χ2v) is 10.1. The van der Waals surface area contributed by atoms with Gasteiger partial charge in [0.25, 0.3) is 5.91 Å². The molecule has 0 bridgehead atoms. The second-order valence-electron chi connectivity index (χ2n) is 9.26. The summed E-state index contributed by atoms with van der Waals surface area (Å²) in [4.78, 5) is 13.0. The van der Waals surface area contributed by atoms with Crippen LogP contribution in [0.2, 0.25) is 0 Å². The molecule has 0 radical (unpaired) electrons. The Hall–Kier alpha value is -4.01. The molecule has 0 saturated heterocycles. The number of carbonyl (C=O) groups is 1. The van der Waals surface area contributed by atoms with Crippen LogP contribution in [0.3, 0.4) is 0 Å². The van der Waals surface area contributed by atoms with Crippen molar-refractivity contribution in [1.82, 2.24) is 9.69 Å². The molecule has 0 spiro atoms. The highest BCUT2D eigenvalue weighted by atomic mass is 32.1. The van der Waals surface area contributed by atoms with Crippen molar-refractivity contribution in [3.05, 3.63) is 96.3 Å². The summed E-state index contributed by atoms with van der Waals surface area (Å²) >= 11 is 1.39. The van der Waals surface area contributed by atoms with Crippen LogP contribution in [-0.4, -0.2) is 43.2 Å². The highest BCUT2D eigenvalue weighted by molar-refractivity contribution is 7.13. The van der Waals surface area contributed by atoms with E-state index in [2.05, 4.69) is 15.0 Å². The fraction of sp³-hybridized carbons (Fsp3) is 0.226. The molecule has 200 valence electrons. The third-order valence-electron chi connectivity index (χ3n) is 6.91. The lowest BCUT2D eigenvalue weighted by atomic mass is 9.88. The molecule has 0 saturated carbocycles. The first kappa shape index (κ1) is 26.6. The Morgan fingerprint density at radius 1 is 1.05 bits per heavy atom. The van der Waals surface area contributed by atoms with Gasteiger partial charge in [-0.3, -0.25) is 4.79 Å². The summed E-state index contributed by atoms with van der Waals surface area (Å²) in [7, 11) is 3.02. The molecule has 6 nitrogen and oxygen atoms in total. The number of fused-ring (bicyclic) bond motifs is 1. The van der Waals surface area contributed by atoms with Crippen LogP contribution in [0, 0.1) is 5.82 Å². The Morgan fingerprint density at radius 2 is 1.90 bits per heavy atom. The molecule has 1 atom stereocenters. The summed E-state index contributed by atoms with van der Waals surface area (Å²) in [5.41, 5.74) is 2.41. The van der Waals surface area contributed by atoms with Gasteiger partial charge in [-0.1, -0.05) is 60.7 Å². The van der Waals surface area contributed by atoms with E-state index in [-0.39, 0.29) is 17.5 Å². The number of amides is 1. The quantitative estimate of drug-likeness (QED) is 0.225. The number of hydrogen-bond acceptors (Lipinski definition) is 6. The molecular formula is C31H30FN3O3S. The molecule has 3 aromatic carbocycles. The summed E-state index contributed by atoms with van der Waals surface area (Å²) < 4.78 is 31.1. The van der Waals surface area contributed by atoms with Gasteiger partial charge in [0.15, 0.2) is 17.2 Å². The average molecular weight is 544 g/mol. The Morgan fingerprint density at radius 3 is 2.64 bits per heavy atom. The monoisotopic (exact) mass is 543 g/mol. The molecule has 4 aromatic rings. The van der Waals surface area contributed by atoms with Gasteiger partial charge in [0.05, 0.1) is 11.8 Å². The fourth-order valence-electron chi connectivity index (χ4n) is 4.65. The van der Waals surface area contributed by atoms with E-state index in [1.165, 1.54) is 18.6 Å². The summed E-state index contributed by atoms with van der Waals surface area (Å²) in [5.74, 6) is 0.409. The lowest BCUT2D eigenvalue weighted by molar-refractivity contribution is -0.137. The van der Waals surface area contributed by atoms with Crippen LogP contribution in [0.15, 0.2) is 85.0 Å². The molecule has 1 heterocycles. The molecule has 5 rings (SSSR count). The number of methoxy groups -OCH3 is 2. The van der Waals surface area contributed by atoms with E-state index in [9.17, 15) is 9.18 Å². The molecule has 1 aliphatic carbocycles. The number of allylic oxidation sites excluding steroid dienone is 2. The van der Waals surface area contributed by atoms with Gasteiger partial charge in [-0.05, 0) is 58.9 Å². The van der Waals surface area contributed by atoms with Crippen molar-refractivity contribution < 1.29 is 18.7 Å². The van der Waals surface area contributed by atoms with Crippen LogP contribution in [0.1, 0.15) is 18.4 Å². The van der Waals surface area contributed by atoms with E-state index in [1.54, 1.807) is 25.3 Å². The minimum absolute atomic E-state index is 0.159. The number of ether oxygens (including phenoxy) is 2. The summed E-state index contributed by atoms with van der Waals surface area (Å²) in [6, 6.07) is 21.0. The second kappa shape index (κ2) is 11.8. The maximum atomic E-state index is 14.8. The molecular weight excluding hydrogens is 513 g/mol. The topological polar surface area (TPSA) is 72.5 Å². The number of anilines is 1. The number of nitrogens with zero attached hydrogens (tertiary/aromatic N) is 1.